The fourth-order valence-corrected chi connectivity index (χ4v) is 4.03. The van der Waals surface area contributed by atoms with Crippen molar-refractivity contribution in [1.82, 2.24) is 14.8 Å². The minimum Gasteiger partial charge on any atom is -0.468 e. The molecule has 1 aromatic carbocycles. The lowest BCUT2D eigenvalue weighted by Crippen LogP contribution is -2.12. The second-order valence-electron chi connectivity index (χ2n) is 5.07. The van der Waals surface area contributed by atoms with E-state index < -0.39 is 5.25 Å². The van der Waals surface area contributed by atoms with Crippen LogP contribution in [0.15, 0.2) is 59.3 Å². The summed E-state index contributed by atoms with van der Waals surface area (Å²) in [5, 5.41) is 10.5. The number of carbonyl (C=O) groups is 1. The van der Waals surface area contributed by atoms with E-state index in [0.29, 0.717) is 5.16 Å². The van der Waals surface area contributed by atoms with Crippen molar-refractivity contribution in [3.05, 3.63) is 64.6 Å². The number of carbonyl (C=O) groups excluding carboxylic acids is 1. The van der Waals surface area contributed by atoms with E-state index in [0.717, 1.165) is 18.5 Å². The number of esters is 1. The molecule has 0 N–H and O–H groups in total. The van der Waals surface area contributed by atoms with Gasteiger partial charge in [0.15, 0.2) is 5.16 Å². The number of rotatable bonds is 7. The molecule has 5 nitrogen and oxygen atoms in total. The van der Waals surface area contributed by atoms with Gasteiger partial charge in [-0.05, 0) is 23.4 Å². The molecule has 0 saturated carbocycles. The highest BCUT2D eigenvalue weighted by atomic mass is 32.2. The molecular weight excluding hydrogens is 342 g/mol. The first-order chi connectivity index (χ1) is 11.8. The van der Waals surface area contributed by atoms with E-state index in [1.165, 1.54) is 23.7 Å². The van der Waals surface area contributed by atoms with Gasteiger partial charge in [-0.3, -0.25) is 4.79 Å². The zero-order chi connectivity index (χ0) is 16.8. The second kappa shape index (κ2) is 8.12. The van der Waals surface area contributed by atoms with Crippen LogP contribution in [-0.2, 0) is 22.5 Å². The SMILES string of the molecule is COC(=O)C(Sc1nncn1CCc1cccs1)c1ccccc1. The zero-order valence-corrected chi connectivity index (χ0v) is 14.8. The Morgan fingerprint density at radius 2 is 2.12 bits per heavy atom. The van der Waals surface area contributed by atoms with Gasteiger partial charge in [-0.2, -0.15) is 0 Å². The van der Waals surface area contributed by atoms with E-state index in [-0.39, 0.29) is 5.97 Å². The molecule has 2 heterocycles. The largest absolute Gasteiger partial charge is 0.468 e. The third-order valence-electron chi connectivity index (χ3n) is 3.50. The molecule has 1 atom stereocenters. The maximum Gasteiger partial charge on any atom is 0.323 e. The van der Waals surface area contributed by atoms with Crippen LogP contribution in [0, 0.1) is 0 Å². The lowest BCUT2D eigenvalue weighted by molar-refractivity contribution is -0.140. The number of ether oxygens (including phenoxy) is 1. The lowest BCUT2D eigenvalue weighted by atomic mass is 10.1. The molecular formula is C17H17N3O2S2. The fourth-order valence-electron chi connectivity index (χ4n) is 2.27. The van der Waals surface area contributed by atoms with Gasteiger partial charge in [0.2, 0.25) is 0 Å². The Bertz CT molecular complexity index is 772. The molecule has 0 amide bonds. The molecule has 124 valence electrons. The molecule has 7 heteroatoms. The molecule has 0 aliphatic rings. The smallest absolute Gasteiger partial charge is 0.323 e. The third-order valence-corrected chi connectivity index (χ3v) is 5.66. The molecule has 0 radical (unpaired) electrons. The van der Waals surface area contributed by atoms with Crippen LogP contribution in [0.4, 0.5) is 0 Å². The van der Waals surface area contributed by atoms with Crippen molar-refractivity contribution in [3.8, 4) is 0 Å². The average Bonchev–Trinajstić information content (AvgIpc) is 3.29. The van der Waals surface area contributed by atoms with Crippen molar-refractivity contribution >= 4 is 29.1 Å². The summed E-state index contributed by atoms with van der Waals surface area (Å²) in [5.74, 6) is -0.293. The van der Waals surface area contributed by atoms with Gasteiger partial charge >= 0.3 is 5.97 Å². The molecule has 0 aliphatic carbocycles. The van der Waals surface area contributed by atoms with Crippen LogP contribution in [-0.4, -0.2) is 27.8 Å². The third kappa shape index (κ3) is 4.04. The van der Waals surface area contributed by atoms with Crippen molar-refractivity contribution in [2.75, 3.05) is 7.11 Å². The van der Waals surface area contributed by atoms with Crippen LogP contribution in [0.25, 0.3) is 0 Å². The minimum atomic E-state index is -0.458. The van der Waals surface area contributed by atoms with Crippen molar-refractivity contribution in [3.63, 3.8) is 0 Å². The summed E-state index contributed by atoms with van der Waals surface area (Å²) in [6.45, 7) is 0.776. The fraction of sp³-hybridized carbons (Fsp3) is 0.235. The number of aryl methyl sites for hydroxylation is 2. The van der Waals surface area contributed by atoms with E-state index in [2.05, 4.69) is 21.6 Å². The number of nitrogens with zero attached hydrogens (tertiary/aromatic N) is 3. The Morgan fingerprint density at radius 3 is 2.83 bits per heavy atom. The first-order valence-electron chi connectivity index (χ1n) is 7.47. The lowest BCUT2D eigenvalue weighted by Gasteiger charge is -2.14. The minimum absolute atomic E-state index is 0.293. The highest BCUT2D eigenvalue weighted by Gasteiger charge is 2.25. The van der Waals surface area contributed by atoms with Crippen molar-refractivity contribution in [1.29, 1.82) is 0 Å². The number of benzene rings is 1. The van der Waals surface area contributed by atoms with Gasteiger partial charge in [0.1, 0.15) is 11.6 Å². The zero-order valence-electron chi connectivity index (χ0n) is 13.2. The molecule has 3 rings (SSSR count). The quantitative estimate of drug-likeness (QED) is 0.477. The van der Waals surface area contributed by atoms with Gasteiger partial charge in [-0.25, -0.2) is 0 Å². The van der Waals surface area contributed by atoms with E-state index in [1.807, 2.05) is 41.0 Å². The summed E-state index contributed by atoms with van der Waals surface area (Å²) in [5.41, 5.74) is 0.891. The number of methoxy groups -OCH3 is 1. The predicted octanol–water partition coefficient (Wildman–Crippen LogP) is 3.59. The molecule has 3 aromatic rings. The Kier molecular flexibility index (Phi) is 5.66. The second-order valence-corrected chi connectivity index (χ2v) is 7.17. The van der Waals surface area contributed by atoms with Gasteiger partial charge in [0, 0.05) is 11.4 Å². The highest BCUT2D eigenvalue weighted by molar-refractivity contribution is 8.00. The molecule has 0 spiro atoms. The topological polar surface area (TPSA) is 57.0 Å². The molecule has 24 heavy (non-hydrogen) atoms. The number of hydrogen-bond acceptors (Lipinski definition) is 6. The van der Waals surface area contributed by atoms with Crippen molar-refractivity contribution < 1.29 is 9.53 Å². The number of thioether (sulfide) groups is 1. The molecule has 0 fully saturated rings. The Morgan fingerprint density at radius 1 is 1.29 bits per heavy atom. The predicted molar refractivity (Wildman–Crippen MR) is 95.1 cm³/mol. The first-order valence-corrected chi connectivity index (χ1v) is 9.23. The average molecular weight is 359 g/mol. The maximum atomic E-state index is 12.2. The van der Waals surface area contributed by atoms with E-state index in [9.17, 15) is 4.79 Å². The summed E-state index contributed by atoms with van der Waals surface area (Å²) < 4.78 is 6.93. The van der Waals surface area contributed by atoms with Gasteiger partial charge in [-0.15, -0.1) is 21.5 Å². The Balaban J connectivity index is 1.75. The van der Waals surface area contributed by atoms with Crippen LogP contribution in [0.5, 0.6) is 0 Å². The molecule has 0 saturated heterocycles. The monoisotopic (exact) mass is 359 g/mol. The summed E-state index contributed by atoms with van der Waals surface area (Å²) in [6.07, 6.45) is 2.62. The van der Waals surface area contributed by atoms with Crippen molar-refractivity contribution in [2.45, 2.75) is 23.4 Å². The first kappa shape index (κ1) is 16.7. The van der Waals surface area contributed by atoms with E-state index >= 15 is 0 Å². The summed E-state index contributed by atoms with van der Waals surface area (Å²) in [7, 11) is 1.40. The van der Waals surface area contributed by atoms with Crippen LogP contribution in [0.1, 0.15) is 15.7 Å². The van der Waals surface area contributed by atoms with Crippen LogP contribution in [0.3, 0.4) is 0 Å². The van der Waals surface area contributed by atoms with E-state index in [1.54, 1.807) is 17.7 Å². The highest BCUT2D eigenvalue weighted by Crippen LogP contribution is 2.35. The summed E-state index contributed by atoms with van der Waals surface area (Å²) >= 11 is 3.10. The van der Waals surface area contributed by atoms with Gasteiger partial charge in [0.25, 0.3) is 0 Å². The summed E-state index contributed by atoms with van der Waals surface area (Å²) in [6, 6.07) is 13.7. The molecule has 0 bridgehead atoms. The molecule has 1 unspecified atom stereocenters. The summed E-state index contributed by atoms with van der Waals surface area (Å²) in [4.78, 5) is 13.5. The van der Waals surface area contributed by atoms with Gasteiger partial charge < -0.3 is 9.30 Å². The van der Waals surface area contributed by atoms with Crippen molar-refractivity contribution in [2.24, 2.45) is 0 Å². The normalized spacial score (nSPS) is 12.0. The van der Waals surface area contributed by atoms with Gasteiger partial charge in [-0.1, -0.05) is 48.2 Å². The molecule has 2 aromatic heterocycles. The number of hydrogen-bond donors (Lipinski definition) is 0. The Hall–Kier alpha value is -2.12. The van der Waals surface area contributed by atoms with Crippen LogP contribution in [0.2, 0.25) is 0 Å². The molecule has 0 aliphatic heterocycles. The van der Waals surface area contributed by atoms with Gasteiger partial charge in [0.05, 0.1) is 7.11 Å². The van der Waals surface area contributed by atoms with Crippen LogP contribution >= 0.6 is 23.1 Å². The number of aromatic nitrogens is 3. The van der Waals surface area contributed by atoms with Crippen LogP contribution < -0.4 is 0 Å². The standard InChI is InChI=1S/C17H17N3O2S2/c1-22-16(21)15(13-6-3-2-4-7-13)24-17-19-18-12-20(17)10-9-14-8-5-11-23-14/h2-8,11-12,15H,9-10H2,1H3. The van der Waals surface area contributed by atoms with E-state index in [4.69, 9.17) is 4.74 Å². The number of thiophene rings is 1. The maximum absolute atomic E-state index is 12.2. The Labute approximate surface area is 148 Å².